The molecule has 0 aromatic heterocycles. The Balaban J connectivity index is 2.43. The highest BCUT2D eigenvalue weighted by atomic mass is 19.1. The van der Waals surface area contributed by atoms with Gasteiger partial charge in [0.05, 0.1) is 0 Å². The molecule has 0 aliphatic rings. The van der Waals surface area contributed by atoms with Crippen LogP contribution in [0.4, 0.5) is 4.39 Å². The Morgan fingerprint density at radius 1 is 1.18 bits per heavy atom. The van der Waals surface area contributed by atoms with Gasteiger partial charge < -0.3 is 0 Å². The Bertz CT molecular complexity index is 387. The predicted octanol–water partition coefficient (Wildman–Crippen LogP) is 2.66. The molecule has 0 saturated heterocycles. The summed E-state index contributed by atoms with van der Waals surface area (Å²) in [6.45, 7) is 2.04. The Morgan fingerprint density at radius 2 is 1.82 bits per heavy atom. The maximum absolute atomic E-state index is 12.6. The molecule has 1 rings (SSSR count). The van der Waals surface area contributed by atoms with Gasteiger partial charge in [-0.3, -0.25) is 14.9 Å². The second kappa shape index (κ2) is 6.78. The number of halogens is 1. The third-order valence-corrected chi connectivity index (χ3v) is 2.37. The minimum Gasteiger partial charge on any atom is -0.292 e. The van der Waals surface area contributed by atoms with E-state index in [1.807, 2.05) is 6.92 Å². The van der Waals surface area contributed by atoms with Gasteiger partial charge in [-0.1, -0.05) is 19.8 Å². The van der Waals surface area contributed by atoms with E-state index in [0.717, 1.165) is 19.3 Å². The lowest BCUT2D eigenvalue weighted by Crippen LogP contribution is -2.30. The zero-order valence-electron chi connectivity index (χ0n) is 9.83. The Labute approximate surface area is 100 Å². The average Bonchev–Trinajstić information content (AvgIpc) is 2.30. The van der Waals surface area contributed by atoms with Crippen LogP contribution < -0.4 is 5.32 Å². The minimum absolute atomic E-state index is 0.284. The number of amides is 2. The summed E-state index contributed by atoms with van der Waals surface area (Å²) in [4.78, 5) is 22.9. The van der Waals surface area contributed by atoms with E-state index in [-0.39, 0.29) is 11.5 Å². The van der Waals surface area contributed by atoms with Gasteiger partial charge in [0.15, 0.2) is 0 Å². The minimum atomic E-state index is -0.480. The van der Waals surface area contributed by atoms with Crippen molar-refractivity contribution in [1.29, 1.82) is 0 Å². The number of carbonyl (C=O) groups is 2. The molecule has 17 heavy (non-hydrogen) atoms. The summed E-state index contributed by atoms with van der Waals surface area (Å²) < 4.78 is 12.6. The second-order valence-corrected chi connectivity index (χ2v) is 3.84. The summed E-state index contributed by atoms with van der Waals surface area (Å²) in [6, 6.07) is 5.08. The number of imide groups is 1. The molecule has 0 atom stereocenters. The maximum Gasteiger partial charge on any atom is 0.257 e. The first-order chi connectivity index (χ1) is 8.13. The molecule has 0 saturated carbocycles. The molecule has 92 valence electrons. The standard InChI is InChI=1S/C13H16FNO2/c1-2-3-4-5-12(16)15-13(17)10-6-8-11(14)9-7-10/h6-9H,2-5H2,1H3,(H,15,16,17). The maximum atomic E-state index is 12.6. The van der Waals surface area contributed by atoms with Gasteiger partial charge in [0, 0.05) is 12.0 Å². The van der Waals surface area contributed by atoms with E-state index >= 15 is 0 Å². The first-order valence-corrected chi connectivity index (χ1v) is 5.73. The van der Waals surface area contributed by atoms with Crippen molar-refractivity contribution in [3.63, 3.8) is 0 Å². The molecule has 0 heterocycles. The average molecular weight is 237 g/mol. The van der Waals surface area contributed by atoms with Crippen molar-refractivity contribution in [3.8, 4) is 0 Å². The van der Waals surface area contributed by atoms with Crippen LogP contribution in [0.5, 0.6) is 0 Å². The van der Waals surface area contributed by atoms with Crippen LogP contribution in [0.3, 0.4) is 0 Å². The number of rotatable bonds is 5. The van der Waals surface area contributed by atoms with E-state index in [1.165, 1.54) is 24.3 Å². The van der Waals surface area contributed by atoms with E-state index in [1.54, 1.807) is 0 Å². The van der Waals surface area contributed by atoms with E-state index in [2.05, 4.69) is 5.32 Å². The lowest BCUT2D eigenvalue weighted by Gasteiger charge is -2.03. The van der Waals surface area contributed by atoms with Gasteiger partial charge in [0.2, 0.25) is 5.91 Å². The molecule has 0 unspecified atom stereocenters. The third kappa shape index (κ3) is 4.76. The lowest BCUT2D eigenvalue weighted by atomic mass is 10.2. The molecule has 0 aliphatic carbocycles. The zero-order chi connectivity index (χ0) is 12.7. The highest BCUT2D eigenvalue weighted by molar-refractivity contribution is 6.04. The number of carbonyl (C=O) groups excluding carboxylic acids is 2. The fraction of sp³-hybridized carbons (Fsp3) is 0.385. The van der Waals surface area contributed by atoms with Crippen LogP contribution >= 0.6 is 0 Å². The Kier molecular flexibility index (Phi) is 5.33. The molecule has 0 fully saturated rings. The van der Waals surface area contributed by atoms with Crippen LogP contribution in [0.15, 0.2) is 24.3 Å². The zero-order valence-corrected chi connectivity index (χ0v) is 9.83. The van der Waals surface area contributed by atoms with E-state index < -0.39 is 11.7 Å². The van der Waals surface area contributed by atoms with Crippen molar-refractivity contribution >= 4 is 11.8 Å². The molecule has 3 nitrogen and oxygen atoms in total. The fourth-order valence-electron chi connectivity index (χ4n) is 1.40. The van der Waals surface area contributed by atoms with E-state index in [0.29, 0.717) is 6.42 Å². The lowest BCUT2D eigenvalue weighted by molar-refractivity contribution is -0.120. The van der Waals surface area contributed by atoms with Crippen molar-refractivity contribution in [2.45, 2.75) is 32.6 Å². The van der Waals surface area contributed by atoms with Gasteiger partial charge >= 0.3 is 0 Å². The largest absolute Gasteiger partial charge is 0.292 e. The number of hydrogen-bond donors (Lipinski definition) is 1. The molecular formula is C13H16FNO2. The highest BCUT2D eigenvalue weighted by Gasteiger charge is 2.09. The summed E-state index contributed by atoms with van der Waals surface area (Å²) in [7, 11) is 0. The van der Waals surface area contributed by atoms with Crippen LogP contribution in [-0.4, -0.2) is 11.8 Å². The van der Waals surface area contributed by atoms with Gasteiger partial charge in [-0.2, -0.15) is 0 Å². The Morgan fingerprint density at radius 3 is 2.41 bits per heavy atom. The predicted molar refractivity (Wildman–Crippen MR) is 63.0 cm³/mol. The molecule has 4 heteroatoms. The number of nitrogens with one attached hydrogen (secondary N) is 1. The van der Waals surface area contributed by atoms with Gasteiger partial charge in [-0.15, -0.1) is 0 Å². The van der Waals surface area contributed by atoms with Crippen LogP contribution in [0.2, 0.25) is 0 Å². The van der Waals surface area contributed by atoms with Crippen molar-refractivity contribution in [1.82, 2.24) is 5.32 Å². The number of unbranched alkanes of at least 4 members (excludes halogenated alkanes) is 2. The van der Waals surface area contributed by atoms with Gasteiger partial charge in [-0.25, -0.2) is 4.39 Å². The van der Waals surface area contributed by atoms with Crippen molar-refractivity contribution in [2.24, 2.45) is 0 Å². The molecule has 2 amide bonds. The van der Waals surface area contributed by atoms with E-state index in [9.17, 15) is 14.0 Å². The molecule has 0 bridgehead atoms. The second-order valence-electron chi connectivity index (χ2n) is 3.84. The SMILES string of the molecule is CCCCCC(=O)NC(=O)c1ccc(F)cc1. The summed E-state index contributed by atoms with van der Waals surface area (Å²) in [5.41, 5.74) is 0.287. The quantitative estimate of drug-likeness (QED) is 0.800. The topological polar surface area (TPSA) is 46.2 Å². The first kappa shape index (κ1) is 13.4. The van der Waals surface area contributed by atoms with E-state index in [4.69, 9.17) is 0 Å². The highest BCUT2D eigenvalue weighted by Crippen LogP contribution is 2.03. The first-order valence-electron chi connectivity index (χ1n) is 5.73. The van der Waals surface area contributed by atoms with Crippen molar-refractivity contribution in [2.75, 3.05) is 0 Å². The van der Waals surface area contributed by atoms with Crippen molar-refractivity contribution in [3.05, 3.63) is 35.6 Å². The third-order valence-electron chi connectivity index (χ3n) is 2.37. The summed E-state index contributed by atoms with van der Waals surface area (Å²) >= 11 is 0. The summed E-state index contributed by atoms with van der Waals surface area (Å²) in [5.74, 6) is -1.17. The molecule has 0 spiro atoms. The van der Waals surface area contributed by atoms with Crippen LogP contribution in [-0.2, 0) is 4.79 Å². The molecule has 1 aromatic carbocycles. The molecular weight excluding hydrogens is 221 g/mol. The van der Waals surface area contributed by atoms with Crippen LogP contribution in [0, 0.1) is 5.82 Å². The van der Waals surface area contributed by atoms with Crippen LogP contribution in [0.25, 0.3) is 0 Å². The molecule has 0 radical (unpaired) electrons. The smallest absolute Gasteiger partial charge is 0.257 e. The van der Waals surface area contributed by atoms with Gasteiger partial charge in [0.1, 0.15) is 5.82 Å². The van der Waals surface area contributed by atoms with Gasteiger partial charge in [0.25, 0.3) is 5.91 Å². The van der Waals surface area contributed by atoms with Gasteiger partial charge in [-0.05, 0) is 30.7 Å². The number of hydrogen-bond acceptors (Lipinski definition) is 2. The molecule has 1 N–H and O–H groups in total. The monoisotopic (exact) mass is 237 g/mol. The Hall–Kier alpha value is -1.71. The summed E-state index contributed by atoms with van der Waals surface area (Å²) in [6.07, 6.45) is 3.12. The summed E-state index contributed by atoms with van der Waals surface area (Å²) in [5, 5.41) is 2.27. The van der Waals surface area contributed by atoms with Crippen molar-refractivity contribution < 1.29 is 14.0 Å². The fourth-order valence-corrected chi connectivity index (χ4v) is 1.40. The van der Waals surface area contributed by atoms with Crippen LogP contribution in [0.1, 0.15) is 43.0 Å². The normalized spacial score (nSPS) is 10.0. The molecule has 1 aromatic rings. The number of benzene rings is 1. The molecule has 0 aliphatic heterocycles.